The molecule has 1 aromatic rings. The first kappa shape index (κ1) is 15.3. The Morgan fingerprint density at radius 1 is 1.18 bits per heavy atom. The highest BCUT2D eigenvalue weighted by atomic mass is 35.5. The summed E-state index contributed by atoms with van der Waals surface area (Å²) in [4.78, 5) is 26.5. The van der Waals surface area contributed by atoms with Gasteiger partial charge in [-0.15, -0.1) is 0 Å². The summed E-state index contributed by atoms with van der Waals surface area (Å²) in [5.74, 6) is 0. The molecular weight excluding hydrogens is 306 g/mol. The first-order valence-corrected chi connectivity index (χ1v) is 7.86. The SMILES string of the molecule is CN1CCN(C(=O)N2CC[C@@H](Oc3ncc(Cl)cn3)C2)CC1. The van der Waals surface area contributed by atoms with Crippen molar-refractivity contribution in [2.45, 2.75) is 12.5 Å². The standard InChI is InChI=1S/C14H20ClN5O2/c1-18-4-6-19(7-5-18)14(21)20-3-2-12(10-20)22-13-16-8-11(15)9-17-13/h8-9,12H,2-7,10H2,1H3/t12-/m1/s1. The molecule has 0 radical (unpaired) electrons. The lowest BCUT2D eigenvalue weighted by molar-refractivity contribution is 0.123. The number of ether oxygens (including phenoxy) is 1. The smallest absolute Gasteiger partial charge is 0.320 e. The minimum absolute atomic E-state index is 0.0578. The second kappa shape index (κ2) is 6.66. The Kier molecular flexibility index (Phi) is 4.63. The van der Waals surface area contributed by atoms with Gasteiger partial charge in [-0.2, -0.15) is 0 Å². The molecule has 3 rings (SSSR count). The average Bonchev–Trinajstić information content (AvgIpc) is 2.98. The highest BCUT2D eigenvalue weighted by molar-refractivity contribution is 6.30. The molecule has 3 heterocycles. The number of piperazine rings is 1. The predicted molar refractivity (Wildman–Crippen MR) is 82.1 cm³/mol. The Morgan fingerprint density at radius 3 is 2.55 bits per heavy atom. The van der Waals surface area contributed by atoms with Crippen molar-refractivity contribution in [1.29, 1.82) is 0 Å². The molecule has 0 unspecified atom stereocenters. The number of likely N-dealkylation sites (N-methyl/N-ethyl adjacent to an activating group) is 1. The summed E-state index contributed by atoms with van der Waals surface area (Å²) >= 11 is 5.75. The quantitative estimate of drug-likeness (QED) is 0.810. The second-order valence-electron chi connectivity index (χ2n) is 5.73. The van der Waals surface area contributed by atoms with E-state index in [-0.39, 0.29) is 12.1 Å². The van der Waals surface area contributed by atoms with Crippen molar-refractivity contribution in [2.24, 2.45) is 0 Å². The number of likely N-dealkylation sites (tertiary alicyclic amines) is 1. The number of nitrogens with zero attached hydrogens (tertiary/aromatic N) is 5. The van der Waals surface area contributed by atoms with E-state index >= 15 is 0 Å². The van der Waals surface area contributed by atoms with Crippen LogP contribution in [-0.2, 0) is 0 Å². The maximum atomic E-state index is 12.5. The zero-order valence-electron chi connectivity index (χ0n) is 12.6. The molecule has 2 aliphatic rings. The minimum atomic E-state index is -0.0578. The van der Waals surface area contributed by atoms with E-state index in [9.17, 15) is 4.79 Å². The number of hydrogen-bond acceptors (Lipinski definition) is 5. The molecule has 0 aliphatic carbocycles. The third kappa shape index (κ3) is 3.59. The second-order valence-corrected chi connectivity index (χ2v) is 6.17. The van der Waals surface area contributed by atoms with Gasteiger partial charge in [-0.1, -0.05) is 11.6 Å². The van der Waals surface area contributed by atoms with Gasteiger partial charge in [-0.25, -0.2) is 14.8 Å². The van der Waals surface area contributed by atoms with E-state index in [1.54, 1.807) is 0 Å². The lowest BCUT2D eigenvalue weighted by Gasteiger charge is -2.34. The molecule has 120 valence electrons. The zero-order valence-corrected chi connectivity index (χ0v) is 13.4. The first-order valence-electron chi connectivity index (χ1n) is 7.48. The number of amides is 2. The van der Waals surface area contributed by atoms with E-state index in [1.165, 1.54) is 12.4 Å². The molecule has 2 aliphatic heterocycles. The van der Waals surface area contributed by atoms with E-state index in [4.69, 9.17) is 16.3 Å². The van der Waals surface area contributed by atoms with Gasteiger partial charge in [0.2, 0.25) is 0 Å². The van der Waals surface area contributed by atoms with Crippen LogP contribution in [0.4, 0.5) is 4.79 Å². The monoisotopic (exact) mass is 325 g/mol. The molecule has 8 heteroatoms. The molecule has 0 N–H and O–H groups in total. The third-order valence-electron chi connectivity index (χ3n) is 4.06. The number of rotatable bonds is 2. The molecule has 7 nitrogen and oxygen atoms in total. The fourth-order valence-corrected chi connectivity index (χ4v) is 2.80. The van der Waals surface area contributed by atoms with Gasteiger partial charge in [-0.05, 0) is 7.05 Å². The van der Waals surface area contributed by atoms with Crippen LogP contribution in [-0.4, -0.2) is 83.1 Å². The van der Waals surface area contributed by atoms with E-state index in [0.717, 1.165) is 32.6 Å². The van der Waals surface area contributed by atoms with Gasteiger partial charge < -0.3 is 19.4 Å². The molecule has 0 saturated carbocycles. The number of halogens is 1. The van der Waals surface area contributed by atoms with Crippen LogP contribution in [0.2, 0.25) is 5.02 Å². The van der Waals surface area contributed by atoms with Crippen molar-refractivity contribution in [3.05, 3.63) is 17.4 Å². The fourth-order valence-electron chi connectivity index (χ4n) is 2.71. The van der Waals surface area contributed by atoms with Crippen LogP contribution in [0.1, 0.15) is 6.42 Å². The lowest BCUT2D eigenvalue weighted by Crippen LogP contribution is -2.51. The van der Waals surface area contributed by atoms with Crippen molar-refractivity contribution in [1.82, 2.24) is 24.7 Å². The number of hydrogen-bond donors (Lipinski definition) is 0. The van der Waals surface area contributed by atoms with Gasteiger partial charge in [0.25, 0.3) is 0 Å². The van der Waals surface area contributed by atoms with Crippen LogP contribution in [0.25, 0.3) is 0 Å². The molecule has 0 spiro atoms. The topological polar surface area (TPSA) is 61.8 Å². The van der Waals surface area contributed by atoms with Crippen LogP contribution in [0.3, 0.4) is 0 Å². The molecule has 1 aromatic heterocycles. The molecule has 0 bridgehead atoms. The number of carbonyl (C=O) groups excluding carboxylic acids is 1. The summed E-state index contributed by atoms with van der Waals surface area (Å²) in [5, 5.41) is 0.477. The Hall–Kier alpha value is -1.60. The Labute approximate surface area is 134 Å². The summed E-state index contributed by atoms with van der Waals surface area (Å²) in [6.45, 7) is 4.73. The average molecular weight is 326 g/mol. The number of urea groups is 1. The predicted octanol–water partition coefficient (Wildman–Crippen LogP) is 0.950. The molecular formula is C14H20ClN5O2. The molecule has 2 fully saturated rings. The minimum Gasteiger partial charge on any atom is -0.458 e. The van der Waals surface area contributed by atoms with Crippen molar-refractivity contribution < 1.29 is 9.53 Å². The van der Waals surface area contributed by atoms with Gasteiger partial charge in [-0.3, -0.25) is 0 Å². The molecule has 0 aromatic carbocycles. The van der Waals surface area contributed by atoms with E-state index < -0.39 is 0 Å². The van der Waals surface area contributed by atoms with Crippen molar-refractivity contribution in [2.75, 3.05) is 46.3 Å². The molecule has 2 amide bonds. The van der Waals surface area contributed by atoms with Gasteiger partial charge in [0.15, 0.2) is 0 Å². The van der Waals surface area contributed by atoms with Crippen LogP contribution >= 0.6 is 11.6 Å². The largest absolute Gasteiger partial charge is 0.458 e. The normalized spacial score (nSPS) is 22.9. The molecule has 22 heavy (non-hydrogen) atoms. The summed E-state index contributed by atoms with van der Waals surface area (Å²) in [5.41, 5.74) is 0. The highest BCUT2D eigenvalue weighted by Gasteiger charge is 2.31. The lowest BCUT2D eigenvalue weighted by atomic mass is 10.3. The van der Waals surface area contributed by atoms with Gasteiger partial charge >= 0.3 is 12.0 Å². The Balaban J connectivity index is 1.51. The fraction of sp³-hybridized carbons (Fsp3) is 0.643. The van der Waals surface area contributed by atoms with Gasteiger partial charge in [0.1, 0.15) is 6.10 Å². The Morgan fingerprint density at radius 2 is 1.86 bits per heavy atom. The van der Waals surface area contributed by atoms with E-state index in [2.05, 4.69) is 21.9 Å². The summed E-state index contributed by atoms with van der Waals surface area (Å²) in [7, 11) is 2.08. The van der Waals surface area contributed by atoms with E-state index in [0.29, 0.717) is 24.1 Å². The van der Waals surface area contributed by atoms with Crippen molar-refractivity contribution in [3.63, 3.8) is 0 Å². The summed E-state index contributed by atoms with van der Waals surface area (Å²) < 4.78 is 5.71. The summed E-state index contributed by atoms with van der Waals surface area (Å²) in [6.07, 6.45) is 3.75. The first-order chi connectivity index (χ1) is 10.6. The number of carbonyl (C=O) groups is 1. The van der Waals surface area contributed by atoms with Crippen molar-refractivity contribution >= 4 is 17.6 Å². The molecule has 2 saturated heterocycles. The highest BCUT2D eigenvalue weighted by Crippen LogP contribution is 2.17. The third-order valence-corrected chi connectivity index (χ3v) is 4.25. The maximum Gasteiger partial charge on any atom is 0.320 e. The van der Waals surface area contributed by atoms with Crippen LogP contribution < -0.4 is 4.74 Å². The van der Waals surface area contributed by atoms with Gasteiger partial charge in [0, 0.05) is 39.1 Å². The van der Waals surface area contributed by atoms with Gasteiger partial charge in [0.05, 0.1) is 24.0 Å². The van der Waals surface area contributed by atoms with Crippen LogP contribution in [0.15, 0.2) is 12.4 Å². The zero-order chi connectivity index (χ0) is 15.5. The number of aromatic nitrogens is 2. The van der Waals surface area contributed by atoms with Crippen molar-refractivity contribution in [3.8, 4) is 6.01 Å². The maximum absolute atomic E-state index is 12.5. The Bertz CT molecular complexity index is 518. The van der Waals surface area contributed by atoms with Crippen LogP contribution in [0.5, 0.6) is 6.01 Å². The van der Waals surface area contributed by atoms with E-state index in [1.807, 2.05) is 9.80 Å². The van der Waals surface area contributed by atoms with Crippen LogP contribution in [0, 0.1) is 0 Å². The summed E-state index contributed by atoms with van der Waals surface area (Å²) in [6, 6.07) is 0.416. The molecule has 1 atom stereocenters.